The van der Waals surface area contributed by atoms with Gasteiger partial charge in [-0.2, -0.15) is 0 Å². The van der Waals surface area contributed by atoms with E-state index in [4.69, 9.17) is 13.9 Å². The molecule has 0 N–H and O–H groups in total. The molecule has 0 spiro atoms. The van der Waals surface area contributed by atoms with Gasteiger partial charge in [0.1, 0.15) is 24.5 Å². The molecule has 2 aromatic carbocycles. The van der Waals surface area contributed by atoms with Crippen molar-refractivity contribution in [3.63, 3.8) is 0 Å². The molecule has 0 aliphatic heterocycles. The summed E-state index contributed by atoms with van der Waals surface area (Å²) in [4.78, 5) is 27.9. The predicted molar refractivity (Wildman–Crippen MR) is 114 cm³/mol. The van der Waals surface area contributed by atoms with Gasteiger partial charge in [0.2, 0.25) is 0 Å². The monoisotopic (exact) mass is 401 g/mol. The molecule has 0 fully saturated rings. The summed E-state index contributed by atoms with van der Waals surface area (Å²) in [6.07, 6.45) is 2.95. The minimum atomic E-state index is -0.478. The smallest absolute Gasteiger partial charge is 0.336 e. The summed E-state index contributed by atoms with van der Waals surface area (Å²) in [6.45, 7) is 2.11. The molecule has 0 unspecified atom stereocenters. The van der Waals surface area contributed by atoms with Crippen LogP contribution in [-0.2, 0) is 9.53 Å². The lowest BCUT2D eigenvalue weighted by Gasteiger charge is -2.07. The van der Waals surface area contributed by atoms with E-state index in [9.17, 15) is 9.59 Å². The van der Waals surface area contributed by atoms with Gasteiger partial charge in [-0.05, 0) is 42.8 Å². The maximum absolute atomic E-state index is 11.9. The quantitative estimate of drug-likeness (QED) is 0.208. The Hall–Kier alpha value is -3.93. The molecule has 0 aliphatic carbocycles. The van der Waals surface area contributed by atoms with Gasteiger partial charge in [-0.15, -0.1) is 0 Å². The Bertz CT molecular complexity index is 1310. The average molecular weight is 401 g/mol. The summed E-state index contributed by atoms with van der Waals surface area (Å²) in [5.74, 6) is 0.0527. The molecule has 0 saturated carbocycles. The molecule has 2 aromatic heterocycles. The van der Waals surface area contributed by atoms with E-state index in [1.807, 2.05) is 49.4 Å². The van der Waals surface area contributed by atoms with Crippen LogP contribution >= 0.6 is 0 Å². The van der Waals surface area contributed by atoms with Crippen molar-refractivity contribution in [1.29, 1.82) is 0 Å². The van der Waals surface area contributed by atoms with E-state index in [2.05, 4.69) is 4.98 Å². The molecule has 0 amide bonds. The van der Waals surface area contributed by atoms with E-state index in [0.29, 0.717) is 17.0 Å². The van der Waals surface area contributed by atoms with Crippen molar-refractivity contribution in [2.45, 2.75) is 6.92 Å². The first-order valence-electron chi connectivity index (χ1n) is 9.46. The van der Waals surface area contributed by atoms with Gasteiger partial charge >= 0.3 is 11.6 Å². The summed E-state index contributed by atoms with van der Waals surface area (Å²) in [5.41, 5.74) is 2.44. The highest BCUT2D eigenvalue weighted by atomic mass is 16.6. The van der Waals surface area contributed by atoms with Crippen molar-refractivity contribution >= 4 is 33.9 Å². The van der Waals surface area contributed by atoms with E-state index in [1.165, 1.54) is 12.1 Å². The van der Waals surface area contributed by atoms with Crippen LogP contribution in [0.4, 0.5) is 0 Å². The number of benzene rings is 2. The second kappa shape index (κ2) is 8.61. The number of ether oxygens (including phenoxy) is 2. The van der Waals surface area contributed by atoms with Crippen LogP contribution < -0.4 is 10.4 Å². The Labute approximate surface area is 172 Å². The SMILES string of the molecule is Cc1cc(=O)oc2cc(OCCOC(=O)/C=C/c3ccc4ccccc4n3)ccc12. The third kappa shape index (κ3) is 4.55. The predicted octanol–water partition coefficient (Wildman–Crippen LogP) is 4.29. The second-order valence-electron chi connectivity index (χ2n) is 6.68. The fourth-order valence-electron chi connectivity index (χ4n) is 3.07. The highest BCUT2D eigenvalue weighted by molar-refractivity contribution is 5.87. The number of para-hydroxylation sites is 1. The number of esters is 1. The zero-order valence-corrected chi connectivity index (χ0v) is 16.3. The maximum Gasteiger partial charge on any atom is 0.336 e. The fraction of sp³-hybridized carbons (Fsp3) is 0.125. The number of hydrogen-bond acceptors (Lipinski definition) is 6. The molecule has 150 valence electrons. The number of carbonyl (C=O) groups excluding carboxylic acids is 1. The van der Waals surface area contributed by atoms with Gasteiger partial charge < -0.3 is 13.9 Å². The number of aryl methyl sites for hydroxylation is 1. The van der Waals surface area contributed by atoms with Crippen LogP contribution in [0.15, 0.2) is 76.0 Å². The number of carbonyl (C=O) groups is 1. The molecular formula is C24H19NO5. The third-order valence-electron chi connectivity index (χ3n) is 4.53. The standard InChI is InChI=1S/C24H19NO5/c1-16-14-24(27)30-22-15-19(9-10-20(16)22)28-12-13-29-23(26)11-8-18-7-6-17-4-2-3-5-21(17)25-18/h2-11,14-15H,12-13H2,1H3/b11-8+. The zero-order chi connectivity index (χ0) is 20.9. The molecular weight excluding hydrogens is 382 g/mol. The minimum Gasteiger partial charge on any atom is -0.490 e. The van der Waals surface area contributed by atoms with Gasteiger partial charge in [0.05, 0.1) is 11.2 Å². The number of fused-ring (bicyclic) bond motifs is 2. The topological polar surface area (TPSA) is 78.6 Å². The molecule has 2 heterocycles. The number of pyridine rings is 1. The van der Waals surface area contributed by atoms with E-state index < -0.39 is 11.6 Å². The van der Waals surface area contributed by atoms with Gasteiger partial charge in [-0.1, -0.05) is 24.3 Å². The van der Waals surface area contributed by atoms with Crippen LogP contribution in [0.25, 0.3) is 27.9 Å². The minimum absolute atomic E-state index is 0.0874. The molecule has 0 radical (unpaired) electrons. The van der Waals surface area contributed by atoms with Crippen molar-refractivity contribution in [2.75, 3.05) is 13.2 Å². The molecule has 4 rings (SSSR count). The number of aromatic nitrogens is 1. The Morgan fingerprint density at radius 1 is 1.07 bits per heavy atom. The average Bonchev–Trinajstić information content (AvgIpc) is 2.74. The molecule has 0 aliphatic rings. The molecule has 0 atom stereocenters. The van der Waals surface area contributed by atoms with E-state index in [-0.39, 0.29) is 13.2 Å². The van der Waals surface area contributed by atoms with Gasteiger partial charge in [0.25, 0.3) is 0 Å². The Morgan fingerprint density at radius 3 is 2.83 bits per heavy atom. The van der Waals surface area contributed by atoms with Gasteiger partial charge in [0.15, 0.2) is 0 Å². The largest absolute Gasteiger partial charge is 0.490 e. The first-order chi connectivity index (χ1) is 14.6. The third-order valence-corrected chi connectivity index (χ3v) is 4.53. The van der Waals surface area contributed by atoms with Crippen LogP contribution in [0.1, 0.15) is 11.3 Å². The highest BCUT2D eigenvalue weighted by Gasteiger charge is 2.05. The van der Waals surface area contributed by atoms with Crippen LogP contribution in [-0.4, -0.2) is 24.2 Å². The summed E-state index contributed by atoms with van der Waals surface area (Å²) in [7, 11) is 0. The van der Waals surface area contributed by atoms with E-state index >= 15 is 0 Å². The Balaban J connectivity index is 1.29. The van der Waals surface area contributed by atoms with Gasteiger partial charge in [-0.25, -0.2) is 14.6 Å². The van der Waals surface area contributed by atoms with Crippen LogP contribution in [0.3, 0.4) is 0 Å². The maximum atomic E-state index is 11.9. The van der Waals surface area contributed by atoms with Crippen molar-refractivity contribution < 1.29 is 18.7 Å². The summed E-state index contributed by atoms with van der Waals surface area (Å²) in [6, 6.07) is 18.3. The van der Waals surface area contributed by atoms with Gasteiger partial charge in [-0.3, -0.25) is 0 Å². The van der Waals surface area contributed by atoms with Crippen molar-refractivity contribution in [3.05, 3.63) is 88.4 Å². The molecule has 6 nitrogen and oxygen atoms in total. The lowest BCUT2D eigenvalue weighted by Crippen LogP contribution is -2.10. The van der Waals surface area contributed by atoms with Crippen LogP contribution in [0.5, 0.6) is 5.75 Å². The van der Waals surface area contributed by atoms with Crippen molar-refractivity contribution in [2.24, 2.45) is 0 Å². The molecule has 0 saturated heterocycles. The van der Waals surface area contributed by atoms with Crippen molar-refractivity contribution in [3.8, 4) is 5.75 Å². The lowest BCUT2D eigenvalue weighted by atomic mass is 10.1. The normalized spacial score (nSPS) is 11.2. The summed E-state index contributed by atoms with van der Waals surface area (Å²) < 4.78 is 15.9. The summed E-state index contributed by atoms with van der Waals surface area (Å²) >= 11 is 0. The van der Waals surface area contributed by atoms with Crippen molar-refractivity contribution in [1.82, 2.24) is 4.98 Å². The molecule has 0 bridgehead atoms. The van der Waals surface area contributed by atoms with E-state index in [1.54, 1.807) is 18.2 Å². The Kier molecular flexibility index (Phi) is 5.57. The number of rotatable bonds is 6. The molecule has 4 aromatic rings. The molecule has 6 heteroatoms. The highest BCUT2D eigenvalue weighted by Crippen LogP contribution is 2.22. The van der Waals surface area contributed by atoms with Crippen LogP contribution in [0, 0.1) is 6.92 Å². The van der Waals surface area contributed by atoms with Crippen LogP contribution in [0.2, 0.25) is 0 Å². The summed E-state index contributed by atoms with van der Waals surface area (Å²) in [5, 5.41) is 1.89. The first kappa shape index (κ1) is 19.4. The number of hydrogen-bond donors (Lipinski definition) is 0. The fourth-order valence-corrected chi connectivity index (χ4v) is 3.07. The van der Waals surface area contributed by atoms with Gasteiger partial charge in [0, 0.05) is 29.0 Å². The molecule has 30 heavy (non-hydrogen) atoms. The lowest BCUT2D eigenvalue weighted by molar-refractivity contribution is -0.138. The van der Waals surface area contributed by atoms with E-state index in [0.717, 1.165) is 21.9 Å². The first-order valence-corrected chi connectivity index (χ1v) is 9.46. The Morgan fingerprint density at radius 2 is 1.93 bits per heavy atom. The zero-order valence-electron chi connectivity index (χ0n) is 16.3. The number of nitrogens with zero attached hydrogens (tertiary/aromatic N) is 1. The second-order valence-corrected chi connectivity index (χ2v) is 6.68.